The van der Waals surface area contributed by atoms with Crippen molar-refractivity contribution in [2.45, 2.75) is 6.92 Å². The van der Waals surface area contributed by atoms with Crippen molar-refractivity contribution in [1.29, 1.82) is 0 Å². The molecule has 0 unspecified atom stereocenters. The molecule has 1 aromatic heterocycles. The van der Waals surface area contributed by atoms with Gasteiger partial charge in [0.05, 0.1) is 16.0 Å². The van der Waals surface area contributed by atoms with Crippen LogP contribution in [0.25, 0.3) is 12.2 Å². The van der Waals surface area contributed by atoms with E-state index in [9.17, 15) is 20.0 Å². The lowest BCUT2D eigenvalue weighted by molar-refractivity contribution is -0.387. The number of aromatic hydroxyl groups is 1. The molecule has 23 heavy (non-hydrogen) atoms. The molecule has 2 rings (SSSR count). The van der Waals surface area contributed by atoms with Gasteiger partial charge in [0.25, 0.3) is 5.88 Å². The van der Waals surface area contributed by atoms with E-state index in [1.165, 1.54) is 6.08 Å². The van der Waals surface area contributed by atoms with E-state index in [-0.39, 0.29) is 5.82 Å². The normalized spacial score (nSPS) is 10.9. The summed E-state index contributed by atoms with van der Waals surface area (Å²) >= 11 is 3.38. The number of hydrogen-bond acceptors (Lipinski definition) is 6. The molecule has 0 saturated heterocycles. The van der Waals surface area contributed by atoms with Crippen molar-refractivity contribution in [2.75, 3.05) is 6.61 Å². The van der Waals surface area contributed by atoms with Crippen LogP contribution < -0.4 is 10.3 Å². The van der Waals surface area contributed by atoms with Gasteiger partial charge in [0, 0.05) is 0 Å². The number of nitrogens with one attached hydrogen (secondary N) is 1. The number of aromatic amines is 1. The van der Waals surface area contributed by atoms with E-state index in [1.54, 1.807) is 24.3 Å². The van der Waals surface area contributed by atoms with E-state index in [1.807, 2.05) is 6.92 Å². The number of halogens is 1. The van der Waals surface area contributed by atoms with Crippen LogP contribution in [0.1, 0.15) is 18.3 Å². The third kappa shape index (κ3) is 3.95. The summed E-state index contributed by atoms with van der Waals surface area (Å²) in [5.41, 5.74) is -1.22. The molecule has 0 fully saturated rings. The van der Waals surface area contributed by atoms with Gasteiger partial charge in [-0.15, -0.1) is 0 Å². The van der Waals surface area contributed by atoms with E-state index >= 15 is 0 Å². The molecule has 120 valence electrons. The Bertz CT molecular complexity index is 832. The molecule has 2 aromatic rings. The zero-order valence-electron chi connectivity index (χ0n) is 11.9. The van der Waals surface area contributed by atoms with Gasteiger partial charge in [0.2, 0.25) is 0 Å². The Kier molecular flexibility index (Phi) is 5.12. The van der Waals surface area contributed by atoms with Crippen molar-refractivity contribution in [3.05, 3.63) is 54.5 Å². The monoisotopic (exact) mass is 381 g/mol. The van der Waals surface area contributed by atoms with Crippen LogP contribution >= 0.6 is 15.9 Å². The van der Waals surface area contributed by atoms with Crippen LogP contribution in [0.5, 0.6) is 11.6 Å². The molecular formula is C14H12BrN3O5. The van der Waals surface area contributed by atoms with Gasteiger partial charge in [0.1, 0.15) is 11.6 Å². The molecule has 0 aliphatic heterocycles. The summed E-state index contributed by atoms with van der Waals surface area (Å²) in [6.45, 7) is 2.42. The molecule has 8 nitrogen and oxygen atoms in total. The van der Waals surface area contributed by atoms with Gasteiger partial charge in [-0.3, -0.25) is 14.9 Å². The summed E-state index contributed by atoms with van der Waals surface area (Å²) in [6, 6.07) is 5.36. The van der Waals surface area contributed by atoms with Gasteiger partial charge < -0.3 is 14.8 Å². The zero-order valence-corrected chi connectivity index (χ0v) is 13.5. The number of ether oxygens (including phenoxy) is 1. The van der Waals surface area contributed by atoms with Crippen LogP contribution in [0, 0.1) is 10.1 Å². The fourth-order valence-corrected chi connectivity index (χ4v) is 2.29. The third-order valence-electron chi connectivity index (χ3n) is 2.77. The molecule has 0 bridgehead atoms. The Balaban J connectivity index is 2.29. The van der Waals surface area contributed by atoms with Gasteiger partial charge in [0.15, 0.2) is 0 Å². The fourth-order valence-electron chi connectivity index (χ4n) is 1.78. The van der Waals surface area contributed by atoms with Crippen LogP contribution in [0.2, 0.25) is 0 Å². The van der Waals surface area contributed by atoms with Gasteiger partial charge in [-0.25, -0.2) is 0 Å². The molecule has 0 radical (unpaired) electrons. The van der Waals surface area contributed by atoms with Crippen molar-refractivity contribution >= 4 is 33.8 Å². The molecule has 0 atom stereocenters. The highest BCUT2D eigenvalue weighted by Gasteiger charge is 2.21. The zero-order chi connectivity index (χ0) is 17.0. The number of benzene rings is 1. The molecule has 9 heteroatoms. The summed E-state index contributed by atoms with van der Waals surface area (Å²) < 4.78 is 6.15. The molecule has 0 spiro atoms. The molecule has 1 aromatic carbocycles. The largest absolute Gasteiger partial charge is 0.493 e. The van der Waals surface area contributed by atoms with Crippen molar-refractivity contribution in [3.8, 4) is 11.6 Å². The van der Waals surface area contributed by atoms with Crippen LogP contribution in [-0.2, 0) is 0 Å². The number of aromatic nitrogens is 2. The topological polar surface area (TPSA) is 118 Å². The van der Waals surface area contributed by atoms with Crippen LogP contribution in [0.3, 0.4) is 0 Å². The molecule has 0 saturated carbocycles. The average Bonchev–Trinajstić information content (AvgIpc) is 2.46. The minimum atomic E-state index is -1.02. The molecule has 0 aliphatic rings. The van der Waals surface area contributed by atoms with Crippen molar-refractivity contribution in [1.82, 2.24) is 9.97 Å². The van der Waals surface area contributed by atoms with E-state index in [0.29, 0.717) is 12.4 Å². The highest BCUT2D eigenvalue weighted by atomic mass is 79.9. The van der Waals surface area contributed by atoms with E-state index in [0.717, 1.165) is 10.0 Å². The van der Waals surface area contributed by atoms with Crippen molar-refractivity contribution < 1.29 is 14.8 Å². The van der Waals surface area contributed by atoms with Gasteiger partial charge in [-0.2, -0.15) is 4.98 Å². The Morgan fingerprint density at radius 2 is 2.22 bits per heavy atom. The Morgan fingerprint density at radius 3 is 2.78 bits per heavy atom. The summed E-state index contributed by atoms with van der Waals surface area (Å²) in [7, 11) is 0. The lowest BCUT2D eigenvalue weighted by Crippen LogP contribution is -2.14. The number of rotatable bonds is 5. The third-order valence-corrected chi connectivity index (χ3v) is 3.39. The smallest absolute Gasteiger partial charge is 0.395 e. The second-order valence-electron chi connectivity index (χ2n) is 4.34. The molecular weight excluding hydrogens is 370 g/mol. The summed E-state index contributed by atoms with van der Waals surface area (Å²) in [6.07, 6.45) is 3.05. The first-order valence-corrected chi connectivity index (χ1v) is 7.29. The predicted octanol–water partition coefficient (Wildman–Crippen LogP) is 2.72. The highest BCUT2D eigenvalue weighted by molar-refractivity contribution is 9.10. The first kappa shape index (κ1) is 16.7. The first-order valence-electron chi connectivity index (χ1n) is 6.50. The van der Waals surface area contributed by atoms with Crippen molar-refractivity contribution in [2.24, 2.45) is 0 Å². The second-order valence-corrected chi connectivity index (χ2v) is 5.19. The van der Waals surface area contributed by atoms with Gasteiger partial charge in [-0.1, -0.05) is 12.1 Å². The van der Waals surface area contributed by atoms with Gasteiger partial charge >= 0.3 is 11.2 Å². The Morgan fingerprint density at radius 1 is 1.48 bits per heavy atom. The molecule has 1 heterocycles. The number of H-pyrrole nitrogens is 1. The molecule has 0 amide bonds. The first-order chi connectivity index (χ1) is 10.9. The van der Waals surface area contributed by atoms with Crippen LogP contribution in [0.4, 0.5) is 5.69 Å². The number of nitrogens with zero attached hydrogens (tertiary/aromatic N) is 2. The average molecular weight is 382 g/mol. The number of nitro groups is 1. The van der Waals surface area contributed by atoms with Crippen LogP contribution in [0.15, 0.2) is 27.5 Å². The van der Waals surface area contributed by atoms with Gasteiger partial charge in [-0.05, 0) is 46.6 Å². The molecule has 0 aliphatic carbocycles. The SMILES string of the molecule is CCOc1ccc(C=Cc2nc(O)c([N+](=O)[O-])c(=O)[nH]2)cc1Br. The highest BCUT2D eigenvalue weighted by Crippen LogP contribution is 2.26. The maximum absolute atomic E-state index is 11.5. The Hall–Kier alpha value is -2.68. The quantitative estimate of drug-likeness (QED) is 0.606. The summed E-state index contributed by atoms with van der Waals surface area (Å²) in [4.78, 5) is 26.9. The summed E-state index contributed by atoms with van der Waals surface area (Å²) in [5, 5.41) is 20.1. The predicted molar refractivity (Wildman–Crippen MR) is 87.4 cm³/mol. The maximum Gasteiger partial charge on any atom is 0.395 e. The van der Waals surface area contributed by atoms with Crippen molar-refractivity contribution in [3.63, 3.8) is 0 Å². The van der Waals surface area contributed by atoms with Crippen LogP contribution in [-0.4, -0.2) is 26.6 Å². The lowest BCUT2D eigenvalue weighted by Gasteiger charge is -2.05. The van der Waals surface area contributed by atoms with E-state index in [4.69, 9.17) is 4.74 Å². The summed E-state index contributed by atoms with van der Waals surface area (Å²) in [5.74, 6) is -0.224. The van der Waals surface area contributed by atoms with E-state index < -0.39 is 22.0 Å². The lowest BCUT2D eigenvalue weighted by atomic mass is 10.2. The maximum atomic E-state index is 11.5. The minimum Gasteiger partial charge on any atom is -0.493 e. The second kappa shape index (κ2) is 7.05. The Labute approximate surface area is 138 Å². The van der Waals surface area contributed by atoms with E-state index in [2.05, 4.69) is 25.9 Å². The molecule has 2 N–H and O–H groups in total. The number of hydrogen-bond donors (Lipinski definition) is 2. The standard InChI is InChI=1S/C14H12BrN3O5/c1-2-23-10-5-3-8(7-9(10)15)4-6-11-16-13(19)12(18(21)22)14(20)17-11/h3-7H,2H2,1H3,(H2,16,17,19,20). The fraction of sp³-hybridized carbons (Fsp3) is 0.143. The minimum absolute atomic E-state index is 0.00288.